The standard InChI is InChI=1S/C11H20F3N/c1-7(2)9-5-6-10(11(12,13)14)15(9)8(3)4/h7-10H,5-6H2,1-4H3. The summed E-state index contributed by atoms with van der Waals surface area (Å²) in [6, 6.07) is -1.19. The molecule has 0 amide bonds. The first kappa shape index (κ1) is 12.8. The van der Waals surface area contributed by atoms with E-state index in [0.29, 0.717) is 12.3 Å². The third kappa shape index (κ3) is 2.65. The zero-order chi connectivity index (χ0) is 11.8. The molecule has 0 saturated carbocycles. The molecule has 0 aromatic carbocycles. The van der Waals surface area contributed by atoms with Crippen LogP contribution in [0.25, 0.3) is 0 Å². The summed E-state index contributed by atoms with van der Waals surface area (Å²) in [4.78, 5) is 1.64. The van der Waals surface area contributed by atoms with Crippen molar-refractivity contribution < 1.29 is 13.2 Å². The van der Waals surface area contributed by atoms with E-state index >= 15 is 0 Å². The zero-order valence-electron chi connectivity index (χ0n) is 9.80. The van der Waals surface area contributed by atoms with E-state index in [2.05, 4.69) is 0 Å². The number of hydrogen-bond donors (Lipinski definition) is 0. The molecule has 1 saturated heterocycles. The molecule has 1 aliphatic rings. The topological polar surface area (TPSA) is 3.24 Å². The van der Waals surface area contributed by atoms with Gasteiger partial charge in [-0.05, 0) is 32.6 Å². The summed E-state index contributed by atoms with van der Waals surface area (Å²) < 4.78 is 38.3. The maximum atomic E-state index is 12.8. The molecule has 2 atom stereocenters. The van der Waals surface area contributed by atoms with Crippen LogP contribution in [0.1, 0.15) is 40.5 Å². The minimum Gasteiger partial charge on any atom is -0.287 e. The van der Waals surface area contributed by atoms with Crippen LogP contribution in [0.2, 0.25) is 0 Å². The van der Waals surface area contributed by atoms with Gasteiger partial charge in [0.2, 0.25) is 0 Å². The number of likely N-dealkylation sites (tertiary alicyclic amines) is 1. The van der Waals surface area contributed by atoms with Gasteiger partial charge in [0.15, 0.2) is 0 Å². The fourth-order valence-corrected chi connectivity index (χ4v) is 2.61. The number of rotatable bonds is 2. The van der Waals surface area contributed by atoms with Crippen molar-refractivity contribution in [3.63, 3.8) is 0 Å². The lowest BCUT2D eigenvalue weighted by atomic mass is 10.0. The van der Waals surface area contributed by atoms with E-state index in [1.807, 2.05) is 27.7 Å². The highest BCUT2D eigenvalue weighted by molar-refractivity contribution is 4.94. The summed E-state index contributed by atoms with van der Waals surface area (Å²) in [5, 5.41) is 0. The molecule has 1 fully saturated rings. The normalized spacial score (nSPS) is 29.4. The minimum absolute atomic E-state index is 0.0356. The number of hydrogen-bond acceptors (Lipinski definition) is 1. The summed E-state index contributed by atoms with van der Waals surface area (Å²) in [5.74, 6) is 0.291. The lowest BCUT2D eigenvalue weighted by Crippen LogP contribution is -2.49. The van der Waals surface area contributed by atoms with Gasteiger partial charge in [-0.1, -0.05) is 13.8 Å². The molecular formula is C11H20F3N. The van der Waals surface area contributed by atoms with E-state index in [4.69, 9.17) is 0 Å². The lowest BCUT2D eigenvalue weighted by molar-refractivity contribution is -0.184. The van der Waals surface area contributed by atoms with Gasteiger partial charge >= 0.3 is 6.18 Å². The van der Waals surface area contributed by atoms with E-state index in [1.54, 1.807) is 4.90 Å². The second-order valence-electron chi connectivity index (χ2n) is 4.99. The third-order valence-electron chi connectivity index (χ3n) is 3.22. The number of alkyl halides is 3. The van der Waals surface area contributed by atoms with E-state index < -0.39 is 12.2 Å². The highest BCUT2D eigenvalue weighted by Gasteiger charge is 2.50. The Labute approximate surface area is 89.6 Å². The summed E-state index contributed by atoms with van der Waals surface area (Å²) in [6.07, 6.45) is -3.15. The Hall–Kier alpha value is -0.250. The van der Waals surface area contributed by atoms with E-state index in [-0.39, 0.29) is 18.5 Å². The number of nitrogens with zero attached hydrogens (tertiary/aromatic N) is 1. The fourth-order valence-electron chi connectivity index (χ4n) is 2.61. The largest absolute Gasteiger partial charge is 0.404 e. The van der Waals surface area contributed by atoms with Crippen LogP contribution >= 0.6 is 0 Å². The first-order valence-corrected chi connectivity index (χ1v) is 5.59. The molecule has 1 nitrogen and oxygen atoms in total. The van der Waals surface area contributed by atoms with Gasteiger partial charge < -0.3 is 0 Å². The molecule has 0 aromatic heterocycles. The highest BCUT2D eigenvalue weighted by atomic mass is 19.4. The fraction of sp³-hybridized carbons (Fsp3) is 1.00. The van der Waals surface area contributed by atoms with Gasteiger partial charge in [-0.15, -0.1) is 0 Å². The van der Waals surface area contributed by atoms with Crippen LogP contribution in [0.3, 0.4) is 0 Å². The van der Waals surface area contributed by atoms with Crippen molar-refractivity contribution in [1.29, 1.82) is 0 Å². The molecule has 0 bridgehead atoms. The van der Waals surface area contributed by atoms with Crippen LogP contribution < -0.4 is 0 Å². The van der Waals surface area contributed by atoms with Gasteiger partial charge in [-0.3, -0.25) is 4.90 Å². The molecule has 0 spiro atoms. The van der Waals surface area contributed by atoms with E-state index in [1.165, 1.54) is 0 Å². The van der Waals surface area contributed by atoms with E-state index in [9.17, 15) is 13.2 Å². The van der Waals surface area contributed by atoms with Crippen molar-refractivity contribution in [2.45, 2.75) is 64.8 Å². The van der Waals surface area contributed by atoms with Gasteiger partial charge in [0.1, 0.15) is 6.04 Å². The minimum atomic E-state index is -4.08. The van der Waals surface area contributed by atoms with Gasteiger partial charge in [0.05, 0.1) is 0 Å². The van der Waals surface area contributed by atoms with E-state index in [0.717, 1.165) is 0 Å². The van der Waals surface area contributed by atoms with Crippen molar-refractivity contribution in [2.75, 3.05) is 0 Å². The third-order valence-corrected chi connectivity index (χ3v) is 3.22. The first-order chi connectivity index (χ1) is 6.75. The van der Waals surface area contributed by atoms with Crippen LogP contribution in [0, 0.1) is 5.92 Å². The van der Waals surface area contributed by atoms with Crippen molar-refractivity contribution in [3.05, 3.63) is 0 Å². The lowest BCUT2D eigenvalue weighted by Gasteiger charge is -2.36. The van der Waals surface area contributed by atoms with Crippen LogP contribution in [0.15, 0.2) is 0 Å². The molecule has 2 unspecified atom stereocenters. The van der Waals surface area contributed by atoms with Crippen molar-refractivity contribution >= 4 is 0 Å². The Kier molecular flexibility index (Phi) is 3.69. The van der Waals surface area contributed by atoms with Crippen LogP contribution in [-0.4, -0.2) is 29.2 Å². The molecule has 1 aliphatic heterocycles. The van der Waals surface area contributed by atoms with Crippen molar-refractivity contribution in [1.82, 2.24) is 4.90 Å². The Morgan fingerprint density at radius 2 is 1.60 bits per heavy atom. The van der Waals surface area contributed by atoms with Crippen molar-refractivity contribution in [2.24, 2.45) is 5.92 Å². The molecule has 90 valence electrons. The van der Waals surface area contributed by atoms with Gasteiger partial charge in [-0.25, -0.2) is 0 Å². The Morgan fingerprint density at radius 1 is 1.07 bits per heavy atom. The molecular weight excluding hydrogens is 203 g/mol. The van der Waals surface area contributed by atoms with Gasteiger partial charge in [-0.2, -0.15) is 13.2 Å². The molecule has 0 aromatic rings. The smallest absolute Gasteiger partial charge is 0.287 e. The summed E-state index contributed by atoms with van der Waals surface area (Å²) >= 11 is 0. The Morgan fingerprint density at radius 3 is 1.93 bits per heavy atom. The maximum absolute atomic E-state index is 12.8. The van der Waals surface area contributed by atoms with Crippen molar-refractivity contribution in [3.8, 4) is 0 Å². The molecule has 0 radical (unpaired) electrons. The molecule has 0 N–H and O–H groups in total. The summed E-state index contributed by atoms with van der Waals surface area (Å²) in [5.41, 5.74) is 0. The predicted molar refractivity (Wildman–Crippen MR) is 54.7 cm³/mol. The monoisotopic (exact) mass is 223 g/mol. The molecule has 4 heteroatoms. The molecule has 15 heavy (non-hydrogen) atoms. The maximum Gasteiger partial charge on any atom is 0.404 e. The second-order valence-corrected chi connectivity index (χ2v) is 4.99. The zero-order valence-corrected chi connectivity index (χ0v) is 9.80. The molecule has 1 heterocycles. The predicted octanol–water partition coefficient (Wildman–Crippen LogP) is 3.45. The van der Waals surface area contributed by atoms with Gasteiger partial charge in [0.25, 0.3) is 0 Å². The first-order valence-electron chi connectivity index (χ1n) is 5.59. The quantitative estimate of drug-likeness (QED) is 0.693. The Bertz CT molecular complexity index is 210. The summed E-state index contributed by atoms with van der Waals surface area (Å²) in [7, 11) is 0. The van der Waals surface area contributed by atoms with Crippen LogP contribution in [0.4, 0.5) is 13.2 Å². The highest BCUT2D eigenvalue weighted by Crippen LogP contribution is 2.39. The van der Waals surface area contributed by atoms with Gasteiger partial charge in [0, 0.05) is 12.1 Å². The average Bonchev–Trinajstić information content (AvgIpc) is 2.45. The van der Waals surface area contributed by atoms with Crippen LogP contribution in [-0.2, 0) is 0 Å². The van der Waals surface area contributed by atoms with Crippen LogP contribution in [0.5, 0.6) is 0 Å². The Balaban J connectivity index is 2.85. The SMILES string of the molecule is CC(C)C1CCC(C(F)(F)F)N1C(C)C. The summed E-state index contributed by atoms with van der Waals surface area (Å²) in [6.45, 7) is 7.69. The average molecular weight is 223 g/mol. The molecule has 1 rings (SSSR count). The molecule has 0 aliphatic carbocycles. The second kappa shape index (κ2) is 4.32. The number of halogens is 3.